The molecule has 2 atom stereocenters. The number of pyridine rings is 1. The van der Waals surface area contributed by atoms with E-state index in [2.05, 4.69) is 10.3 Å². The van der Waals surface area contributed by atoms with Gasteiger partial charge >= 0.3 is 6.03 Å². The van der Waals surface area contributed by atoms with E-state index < -0.39 is 6.04 Å². The number of ether oxygens (including phenoxy) is 1. The fourth-order valence-corrected chi connectivity index (χ4v) is 3.43. The number of carbonyl (C=O) groups excluding carboxylic acids is 2. The topological polar surface area (TPSA) is 74.8 Å². The van der Waals surface area contributed by atoms with Gasteiger partial charge in [-0.3, -0.25) is 9.78 Å². The molecule has 7 nitrogen and oxygen atoms in total. The summed E-state index contributed by atoms with van der Waals surface area (Å²) < 4.78 is 5.95. The van der Waals surface area contributed by atoms with Crippen LogP contribution in [0.15, 0.2) is 24.5 Å². The van der Waals surface area contributed by atoms with E-state index in [-0.39, 0.29) is 24.1 Å². The molecule has 7 heteroatoms. The Morgan fingerprint density at radius 1 is 1.32 bits per heavy atom. The van der Waals surface area contributed by atoms with Crippen molar-refractivity contribution in [1.82, 2.24) is 20.1 Å². The molecule has 2 aliphatic heterocycles. The molecule has 0 bridgehead atoms. The number of hydrogen-bond donors (Lipinski definition) is 1. The van der Waals surface area contributed by atoms with Gasteiger partial charge in [-0.15, -0.1) is 0 Å². The summed E-state index contributed by atoms with van der Waals surface area (Å²) in [5, 5.41) is 2.89. The highest BCUT2D eigenvalue weighted by Gasteiger charge is 2.43. The molecule has 136 valence electrons. The molecule has 1 aromatic heterocycles. The Kier molecular flexibility index (Phi) is 5.40. The Hall–Kier alpha value is -2.31. The van der Waals surface area contributed by atoms with Crippen LogP contribution in [0.2, 0.25) is 0 Å². The highest BCUT2D eigenvalue weighted by atomic mass is 16.5. The van der Waals surface area contributed by atoms with Crippen molar-refractivity contribution >= 4 is 11.9 Å². The van der Waals surface area contributed by atoms with Gasteiger partial charge in [0.25, 0.3) is 0 Å². The first-order valence-corrected chi connectivity index (χ1v) is 8.97. The minimum Gasteiger partial charge on any atom is -0.487 e. The molecule has 3 heterocycles. The standard InChI is InChI=1S/C18H26N4O3/c1-13(2)20-18(24)22-12-15(25-14-6-5-7-19-11-14)10-16(22)17(23)21-8-3-4-9-21/h5-7,11,13,15-16H,3-4,8-10,12H2,1-2H3,(H,20,24)/t15-,16-/m0/s1. The maximum atomic E-state index is 12.9. The summed E-state index contributed by atoms with van der Waals surface area (Å²) >= 11 is 0. The Balaban J connectivity index is 1.72. The molecule has 0 spiro atoms. The minimum absolute atomic E-state index is 0.0216. The first-order valence-electron chi connectivity index (χ1n) is 8.97. The first kappa shape index (κ1) is 17.5. The van der Waals surface area contributed by atoms with E-state index in [1.54, 1.807) is 23.4 Å². The summed E-state index contributed by atoms with van der Waals surface area (Å²) in [6, 6.07) is 3.00. The number of nitrogens with one attached hydrogen (secondary N) is 1. The van der Waals surface area contributed by atoms with Crippen molar-refractivity contribution in [2.75, 3.05) is 19.6 Å². The van der Waals surface area contributed by atoms with E-state index in [4.69, 9.17) is 4.74 Å². The summed E-state index contributed by atoms with van der Waals surface area (Å²) in [5.41, 5.74) is 0. The number of aromatic nitrogens is 1. The third-order valence-corrected chi connectivity index (χ3v) is 4.58. The van der Waals surface area contributed by atoms with Gasteiger partial charge in [-0.1, -0.05) is 0 Å². The van der Waals surface area contributed by atoms with Gasteiger partial charge in [0, 0.05) is 31.7 Å². The molecule has 0 radical (unpaired) electrons. The van der Waals surface area contributed by atoms with Crippen LogP contribution < -0.4 is 10.1 Å². The zero-order valence-electron chi connectivity index (χ0n) is 14.9. The van der Waals surface area contributed by atoms with Crippen molar-refractivity contribution in [3.05, 3.63) is 24.5 Å². The Labute approximate surface area is 148 Å². The molecule has 25 heavy (non-hydrogen) atoms. The summed E-state index contributed by atoms with van der Waals surface area (Å²) in [5.74, 6) is 0.694. The Bertz CT molecular complexity index is 602. The van der Waals surface area contributed by atoms with Crippen LogP contribution in [-0.2, 0) is 4.79 Å². The molecule has 2 saturated heterocycles. The quantitative estimate of drug-likeness (QED) is 0.899. The SMILES string of the molecule is CC(C)NC(=O)N1C[C@@H](Oc2cccnc2)C[C@H]1C(=O)N1CCCC1. The number of urea groups is 1. The second kappa shape index (κ2) is 7.72. The van der Waals surface area contributed by atoms with Gasteiger partial charge in [0.1, 0.15) is 17.9 Å². The van der Waals surface area contributed by atoms with Gasteiger partial charge < -0.3 is 19.9 Å². The highest BCUT2D eigenvalue weighted by molar-refractivity contribution is 5.88. The monoisotopic (exact) mass is 346 g/mol. The first-order chi connectivity index (χ1) is 12.0. The Morgan fingerprint density at radius 3 is 2.72 bits per heavy atom. The van der Waals surface area contributed by atoms with E-state index in [0.29, 0.717) is 18.7 Å². The van der Waals surface area contributed by atoms with Crippen molar-refractivity contribution in [3.63, 3.8) is 0 Å². The zero-order chi connectivity index (χ0) is 17.8. The summed E-state index contributed by atoms with van der Waals surface area (Å²) in [4.78, 5) is 33.0. The summed E-state index contributed by atoms with van der Waals surface area (Å²) in [6.07, 6.45) is 5.70. The van der Waals surface area contributed by atoms with Crippen molar-refractivity contribution in [2.24, 2.45) is 0 Å². The van der Waals surface area contributed by atoms with Crippen LogP contribution >= 0.6 is 0 Å². The molecule has 0 aromatic carbocycles. The van der Waals surface area contributed by atoms with E-state index in [1.807, 2.05) is 24.8 Å². The Morgan fingerprint density at radius 2 is 2.08 bits per heavy atom. The lowest BCUT2D eigenvalue weighted by Gasteiger charge is -2.28. The van der Waals surface area contributed by atoms with Crippen molar-refractivity contribution < 1.29 is 14.3 Å². The molecule has 1 aromatic rings. The number of hydrogen-bond acceptors (Lipinski definition) is 4. The molecule has 2 fully saturated rings. The van der Waals surface area contributed by atoms with Crippen LogP contribution in [0.3, 0.4) is 0 Å². The normalized spacial score (nSPS) is 23.2. The fourth-order valence-electron chi connectivity index (χ4n) is 3.43. The van der Waals surface area contributed by atoms with Gasteiger partial charge in [0.2, 0.25) is 5.91 Å². The van der Waals surface area contributed by atoms with E-state index in [9.17, 15) is 9.59 Å². The number of nitrogens with zero attached hydrogens (tertiary/aromatic N) is 3. The number of carbonyl (C=O) groups is 2. The van der Waals surface area contributed by atoms with Crippen molar-refractivity contribution in [1.29, 1.82) is 0 Å². The van der Waals surface area contributed by atoms with Crippen molar-refractivity contribution in [3.8, 4) is 5.75 Å². The summed E-state index contributed by atoms with van der Waals surface area (Å²) in [6.45, 7) is 5.79. The predicted molar refractivity (Wildman–Crippen MR) is 93.2 cm³/mol. The van der Waals surface area contributed by atoms with Crippen LogP contribution in [0.1, 0.15) is 33.1 Å². The number of rotatable bonds is 4. The highest BCUT2D eigenvalue weighted by Crippen LogP contribution is 2.25. The van der Waals surface area contributed by atoms with Gasteiger partial charge in [0.15, 0.2) is 0 Å². The molecule has 0 aliphatic carbocycles. The molecule has 3 rings (SSSR count). The van der Waals surface area contributed by atoms with Gasteiger partial charge in [-0.05, 0) is 38.8 Å². The van der Waals surface area contributed by atoms with Gasteiger partial charge in [-0.25, -0.2) is 4.79 Å². The van der Waals surface area contributed by atoms with Crippen LogP contribution in [0.25, 0.3) is 0 Å². The van der Waals surface area contributed by atoms with Gasteiger partial charge in [-0.2, -0.15) is 0 Å². The predicted octanol–water partition coefficient (Wildman–Crippen LogP) is 1.64. The van der Waals surface area contributed by atoms with Crippen molar-refractivity contribution in [2.45, 2.75) is 51.3 Å². The average molecular weight is 346 g/mol. The van der Waals surface area contributed by atoms with Crippen LogP contribution in [-0.4, -0.2) is 64.5 Å². The zero-order valence-corrected chi connectivity index (χ0v) is 14.9. The minimum atomic E-state index is -0.460. The van der Waals surface area contributed by atoms with Crippen LogP contribution in [0.4, 0.5) is 4.79 Å². The molecule has 3 amide bonds. The molecular weight excluding hydrogens is 320 g/mol. The molecule has 0 unspecified atom stereocenters. The maximum absolute atomic E-state index is 12.9. The maximum Gasteiger partial charge on any atom is 0.318 e. The lowest BCUT2D eigenvalue weighted by Crippen LogP contribution is -2.51. The second-order valence-corrected chi connectivity index (χ2v) is 6.97. The lowest BCUT2D eigenvalue weighted by molar-refractivity contribution is -0.134. The molecular formula is C18H26N4O3. The number of likely N-dealkylation sites (tertiary alicyclic amines) is 2. The van der Waals surface area contributed by atoms with E-state index in [0.717, 1.165) is 25.9 Å². The fraction of sp³-hybridized carbons (Fsp3) is 0.611. The molecule has 2 aliphatic rings. The van der Waals surface area contributed by atoms with E-state index in [1.165, 1.54) is 0 Å². The lowest BCUT2D eigenvalue weighted by atomic mass is 10.1. The smallest absolute Gasteiger partial charge is 0.318 e. The molecule has 0 saturated carbocycles. The third-order valence-electron chi connectivity index (χ3n) is 4.58. The summed E-state index contributed by atoms with van der Waals surface area (Å²) in [7, 11) is 0. The average Bonchev–Trinajstić information content (AvgIpc) is 3.24. The molecule has 1 N–H and O–H groups in total. The van der Waals surface area contributed by atoms with E-state index >= 15 is 0 Å². The third kappa shape index (κ3) is 4.21. The van der Waals surface area contributed by atoms with Gasteiger partial charge in [0.05, 0.1) is 12.7 Å². The largest absolute Gasteiger partial charge is 0.487 e. The van der Waals surface area contributed by atoms with Crippen LogP contribution in [0.5, 0.6) is 5.75 Å². The van der Waals surface area contributed by atoms with Crippen LogP contribution in [0, 0.1) is 0 Å². The number of amides is 3. The second-order valence-electron chi connectivity index (χ2n) is 6.97.